The van der Waals surface area contributed by atoms with E-state index >= 15 is 0 Å². The fourth-order valence-electron chi connectivity index (χ4n) is 1.01. The predicted octanol–water partition coefficient (Wildman–Crippen LogP) is 2.55. The van der Waals surface area contributed by atoms with Gasteiger partial charge in [0.2, 0.25) is 0 Å². The van der Waals surface area contributed by atoms with Crippen molar-refractivity contribution in [2.45, 2.75) is 26.4 Å². The fourth-order valence-corrected chi connectivity index (χ4v) is 1.41. The van der Waals surface area contributed by atoms with Gasteiger partial charge in [-0.05, 0) is 55.5 Å². The van der Waals surface area contributed by atoms with E-state index in [4.69, 9.17) is 9.47 Å². The summed E-state index contributed by atoms with van der Waals surface area (Å²) in [4.78, 5) is 14.9. The highest BCUT2D eigenvalue weighted by atomic mass is 127. The molecule has 0 aliphatic rings. The molecule has 0 fully saturated rings. The van der Waals surface area contributed by atoms with Crippen molar-refractivity contribution in [2.75, 3.05) is 6.61 Å². The lowest BCUT2D eigenvalue weighted by Crippen LogP contribution is -2.27. The molecule has 1 aromatic rings. The van der Waals surface area contributed by atoms with Crippen LogP contribution in [-0.4, -0.2) is 23.2 Å². The number of carbonyl (C=O) groups is 1. The highest BCUT2D eigenvalue weighted by Crippen LogP contribution is 2.16. The van der Waals surface area contributed by atoms with Crippen molar-refractivity contribution in [1.82, 2.24) is 4.98 Å². The Balaban J connectivity index is 2.53. The molecule has 4 nitrogen and oxygen atoms in total. The Morgan fingerprint density at radius 2 is 2.12 bits per heavy atom. The number of hydrogen-bond acceptors (Lipinski definition) is 4. The minimum atomic E-state index is -0.736. The third kappa shape index (κ3) is 5.29. The summed E-state index contributed by atoms with van der Waals surface area (Å²) in [6.07, 6.45) is 0. The smallest absolute Gasteiger partial charge is 0.344 e. The Hall–Kier alpha value is -0.920. The van der Waals surface area contributed by atoms with Crippen molar-refractivity contribution < 1.29 is 18.7 Å². The normalized spacial score (nSPS) is 11.1. The van der Waals surface area contributed by atoms with E-state index in [9.17, 15) is 9.18 Å². The molecule has 0 unspecified atom stereocenters. The molecule has 0 N–H and O–H groups in total. The molecule has 0 saturated heterocycles. The van der Waals surface area contributed by atoms with Crippen LogP contribution >= 0.6 is 22.6 Å². The monoisotopic (exact) mass is 353 g/mol. The van der Waals surface area contributed by atoms with Gasteiger partial charge in [-0.1, -0.05) is 0 Å². The van der Waals surface area contributed by atoms with Gasteiger partial charge in [0.15, 0.2) is 12.4 Å². The maximum Gasteiger partial charge on any atom is 0.344 e. The highest BCUT2D eigenvalue weighted by molar-refractivity contribution is 14.1. The third-order valence-electron chi connectivity index (χ3n) is 1.55. The van der Waals surface area contributed by atoms with Gasteiger partial charge in [0.1, 0.15) is 9.30 Å². The molecule has 0 spiro atoms. The van der Waals surface area contributed by atoms with Crippen LogP contribution in [-0.2, 0) is 9.53 Å². The summed E-state index contributed by atoms with van der Waals surface area (Å²) in [5.41, 5.74) is -0.580. The molecule has 0 radical (unpaired) electrons. The maximum absolute atomic E-state index is 13.2. The molecule has 1 rings (SSSR count). The largest absolute Gasteiger partial charge is 0.477 e. The van der Waals surface area contributed by atoms with E-state index in [1.807, 2.05) is 22.6 Å². The molecule has 0 aromatic carbocycles. The predicted molar refractivity (Wildman–Crippen MR) is 68.3 cm³/mol. The molecule has 0 saturated carbocycles. The first kappa shape index (κ1) is 14.1. The van der Waals surface area contributed by atoms with E-state index in [1.165, 1.54) is 6.07 Å². The minimum Gasteiger partial charge on any atom is -0.477 e. The number of rotatable bonds is 3. The standard InChI is InChI=1S/C11H13FINO3/c1-11(2,3)17-9(15)6-16-7-4-5-8(13)14-10(7)12/h4-5H,6H2,1-3H3. The first-order valence-corrected chi connectivity index (χ1v) is 6.02. The zero-order chi connectivity index (χ0) is 13.1. The number of aromatic nitrogens is 1. The fraction of sp³-hybridized carbons (Fsp3) is 0.455. The van der Waals surface area contributed by atoms with Crippen molar-refractivity contribution in [3.8, 4) is 5.75 Å². The molecular formula is C11H13FINO3. The molecule has 0 aliphatic heterocycles. The first-order chi connectivity index (χ1) is 7.78. The van der Waals surface area contributed by atoms with Crippen LogP contribution in [0.15, 0.2) is 12.1 Å². The summed E-state index contributed by atoms with van der Waals surface area (Å²) in [5, 5.41) is 0. The molecule has 94 valence electrons. The molecule has 0 aliphatic carbocycles. The van der Waals surface area contributed by atoms with E-state index in [-0.39, 0.29) is 12.4 Å². The second kappa shape index (κ2) is 5.61. The Bertz CT molecular complexity index is 418. The molecule has 1 aromatic heterocycles. The van der Waals surface area contributed by atoms with Crippen LogP contribution in [0.1, 0.15) is 20.8 Å². The van der Waals surface area contributed by atoms with Crippen LogP contribution in [0.2, 0.25) is 0 Å². The lowest BCUT2D eigenvalue weighted by molar-refractivity contribution is -0.157. The number of hydrogen-bond donors (Lipinski definition) is 0. The van der Waals surface area contributed by atoms with Crippen molar-refractivity contribution in [3.63, 3.8) is 0 Å². The van der Waals surface area contributed by atoms with Crippen molar-refractivity contribution in [1.29, 1.82) is 0 Å². The average Bonchev–Trinajstić information content (AvgIpc) is 2.13. The Kier molecular flexibility index (Phi) is 4.67. The van der Waals surface area contributed by atoms with Crippen LogP contribution < -0.4 is 4.74 Å². The number of nitrogens with zero attached hydrogens (tertiary/aromatic N) is 1. The highest BCUT2D eigenvalue weighted by Gasteiger charge is 2.17. The van der Waals surface area contributed by atoms with Gasteiger partial charge in [-0.3, -0.25) is 0 Å². The van der Waals surface area contributed by atoms with Gasteiger partial charge in [0.05, 0.1) is 0 Å². The van der Waals surface area contributed by atoms with Gasteiger partial charge >= 0.3 is 5.97 Å². The number of esters is 1. The molecule has 1 heterocycles. The second-order valence-corrected chi connectivity index (χ2v) is 5.40. The van der Waals surface area contributed by atoms with E-state index in [0.717, 1.165) is 0 Å². The van der Waals surface area contributed by atoms with Crippen molar-refractivity contribution in [2.24, 2.45) is 0 Å². The molecule has 0 bridgehead atoms. The van der Waals surface area contributed by atoms with Gasteiger partial charge in [-0.15, -0.1) is 0 Å². The van der Waals surface area contributed by atoms with Gasteiger partial charge in [-0.25, -0.2) is 9.78 Å². The van der Waals surface area contributed by atoms with Crippen LogP contribution in [0, 0.1) is 9.65 Å². The number of halogens is 2. The molecule has 17 heavy (non-hydrogen) atoms. The van der Waals surface area contributed by atoms with Crippen molar-refractivity contribution >= 4 is 28.6 Å². The van der Waals surface area contributed by atoms with E-state index in [1.54, 1.807) is 26.8 Å². The lowest BCUT2D eigenvalue weighted by atomic mass is 10.2. The van der Waals surface area contributed by atoms with Gasteiger partial charge in [0.25, 0.3) is 5.95 Å². The first-order valence-electron chi connectivity index (χ1n) is 4.94. The van der Waals surface area contributed by atoms with Gasteiger partial charge < -0.3 is 9.47 Å². The van der Waals surface area contributed by atoms with E-state index < -0.39 is 17.5 Å². The summed E-state index contributed by atoms with van der Waals surface area (Å²) < 4.78 is 23.8. The topological polar surface area (TPSA) is 48.4 Å². The minimum absolute atomic E-state index is 0.0590. The van der Waals surface area contributed by atoms with Crippen LogP contribution in [0.4, 0.5) is 4.39 Å². The van der Waals surface area contributed by atoms with Crippen LogP contribution in [0.5, 0.6) is 5.75 Å². The molecule has 0 amide bonds. The lowest BCUT2D eigenvalue weighted by Gasteiger charge is -2.19. The zero-order valence-corrected chi connectivity index (χ0v) is 11.9. The molecular weight excluding hydrogens is 340 g/mol. The third-order valence-corrected chi connectivity index (χ3v) is 2.15. The maximum atomic E-state index is 13.2. The summed E-state index contributed by atoms with van der Waals surface area (Å²) in [6.45, 7) is 4.91. The second-order valence-electron chi connectivity index (χ2n) is 4.30. The Labute approximate surface area is 113 Å². The summed E-state index contributed by atoms with van der Waals surface area (Å²) >= 11 is 1.88. The number of pyridine rings is 1. The van der Waals surface area contributed by atoms with Gasteiger partial charge in [-0.2, -0.15) is 4.39 Å². The van der Waals surface area contributed by atoms with E-state index in [0.29, 0.717) is 3.70 Å². The van der Waals surface area contributed by atoms with Crippen molar-refractivity contribution in [3.05, 3.63) is 21.8 Å². The summed E-state index contributed by atoms with van der Waals surface area (Å²) in [7, 11) is 0. The van der Waals surface area contributed by atoms with Crippen LogP contribution in [0.25, 0.3) is 0 Å². The zero-order valence-electron chi connectivity index (χ0n) is 9.79. The molecule has 0 atom stereocenters. The Morgan fingerprint density at radius 1 is 1.47 bits per heavy atom. The SMILES string of the molecule is CC(C)(C)OC(=O)COc1ccc(I)nc1F. The number of carbonyl (C=O) groups excluding carboxylic acids is 1. The quantitative estimate of drug-likeness (QED) is 0.476. The van der Waals surface area contributed by atoms with Gasteiger partial charge in [0, 0.05) is 0 Å². The number of ether oxygens (including phenoxy) is 2. The molecule has 6 heteroatoms. The average molecular weight is 353 g/mol. The Morgan fingerprint density at radius 3 is 2.65 bits per heavy atom. The summed E-state index contributed by atoms with van der Waals surface area (Å²) in [6, 6.07) is 3.02. The summed E-state index contributed by atoms with van der Waals surface area (Å²) in [5.74, 6) is -1.34. The van der Waals surface area contributed by atoms with E-state index in [2.05, 4.69) is 4.98 Å². The van der Waals surface area contributed by atoms with Crippen LogP contribution in [0.3, 0.4) is 0 Å².